The van der Waals surface area contributed by atoms with E-state index in [4.69, 9.17) is 9.52 Å². The third-order valence-corrected chi connectivity index (χ3v) is 1.88. The van der Waals surface area contributed by atoms with Crippen molar-refractivity contribution in [2.45, 2.75) is 20.8 Å². The maximum atomic E-state index is 11.5. The van der Waals surface area contributed by atoms with Crippen molar-refractivity contribution < 1.29 is 19.1 Å². The topological polar surface area (TPSA) is 67.5 Å². The lowest BCUT2D eigenvalue weighted by Crippen LogP contribution is -2.07. The molecule has 14 heavy (non-hydrogen) atoms. The molecular formula is C10H12O4. The average Bonchev–Trinajstić information content (AvgIpc) is 2.46. The minimum absolute atomic E-state index is 0.150. The molecule has 0 spiro atoms. The van der Waals surface area contributed by atoms with E-state index in [-0.39, 0.29) is 23.2 Å². The first-order valence-electron chi connectivity index (χ1n) is 4.31. The number of carboxylic acids is 1. The number of Topliss-reactive ketones (excluding diaryl/α,β-unsaturated/α-hetero) is 1. The summed E-state index contributed by atoms with van der Waals surface area (Å²) in [5.41, 5.74) is 0.570. The van der Waals surface area contributed by atoms with Gasteiger partial charge in [-0.25, -0.2) is 4.79 Å². The lowest BCUT2D eigenvalue weighted by molar-refractivity contribution is 0.0659. The predicted molar refractivity (Wildman–Crippen MR) is 49.6 cm³/mol. The Hall–Kier alpha value is -1.58. The molecule has 4 nitrogen and oxygen atoms in total. The van der Waals surface area contributed by atoms with Crippen LogP contribution in [0.1, 0.15) is 40.5 Å². The van der Waals surface area contributed by atoms with Crippen molar-refractivity contribution in [3.8, 4) is 0 Å². The van der Waals surface area contributed by atoms with E-state index in [0.717, 1.165) is 0 Å². The van der Waals surface area contributed by atoms with Crippen molar-refractivity contribution in [2.75, 3.05) is 0 Å². The number of hydrogen-bond acceptors (Lipinski definition) is 3. The Balaban J connectivity index is 3.11. The second kappa shape index (κ2) is 3.65. The second-order valence-corrected chi connectivity index (χ2v) is 3.45. The van der Waals surface area contributed by atoms with Gasteiger partial charge in [0.1, 0.15) is 0 Å². The molecule has 0 saturated carbocycles. The Kier molecular flexibility index (Phi) is 2.74. The Bertz CT molecular complexity index is 373. The number of carbonyl (C=O) groups is 2. The minimum Gasteiger partial charge on any atom is -0.475 e. The van der Waals surface area contributed by atoms with Gasteiger partial charge in [0.25, 0.3) is 0 Å². The summed E-state index contributed by atoms with van der Waals surface area (Å²) in [7, 11) is 0. The number of hydrogen-bond donors (Lipinski definition) is 1. The smallest absolute Gasteiger partial charge is 0.371 e. The van der Waals surface area contributed by atoms with Crippen molar-refractivity contribution in [1.82, 2.24) is 0 Å². The first-order valence-corrected chi connectivity index (χ1v) is 4.31. The number of aromatic carboxylic acids is 1. The third kappa shape index (κ3) is 1.84. The van der Waals surface area contributed by atoms with Crippen LogP contribution >= 0.6 is 0 Å². The van der Waals surface area contributed by atoms with Crippen LogP contribution < -0.4 is 0 Å². The number of ketones is 1. The fourth-order valence-corrected chi connectivity index (χ4v) is 1.09. The molecule has 0 aliphatic carbocycles. The number of aryl methyl sites for hydroxylation is 1. The molecule has 1 aromatic rings. The van der Waals surface area contributed by atoms with Crippen LogP contribution in [0.15, 0.2) is 10.5 Å². The van der Waals surface area contributed by atoms with Gasteiger partial charge < -0.3 is 9.52 Å². The fraction of sp³-hybridized carbons (Fsp3) is 0.400. The van der Waals surface area contributed by atoms with Crippen LogP contribution in [0.3, 0.4) is 0 Å². The van der Waals surface area contributed by atoms with Crippen molar-refractivity contribution >= 4 is 11.8 Å². The first-order chi connectivity index (χ1) is 6.43. The Morgan fingerprint density at radius 1 is 1.43 bits per heavy atom. The van der Waals surface area contributed by atoms with Crippen LogP contribution in [0.2, 0.25) is 0 Å². The van der Waals surface area contributed by atoms with Crippen LogP contribution in [0.4, 0.5) is 0 Å². The van der Waals surface area contributed by atoms with Gasteiger partial charge in [0.05, 0.1) is 0 Å². The summed E-state index contributed by atoms with van der Waals surface area (Å²) in [6, 6.07) is 1.36. The molecule has 0 aromatic carbocycles. The van der Waals surface area contributed by atoms with E-state index in [1.54, 1.807) is 20.8 Å². The van der Waals surface area contributed by atoms with Gasteiger partial charge >= 0.3 is 5.97 Å². The Morgan fingerprint density at radius 2 is 2.00 bits per heavy atom. The van der Waals surface area contributed by atoms with Crippen LogP contribution in [0.25, 0.3) is 0 Å². The molecule has 0 aliphatic rings. The van der Waals surface area contributed by atoms with Crippen molar-refractivity contribution in [2.24, 2.45) is 5.92 Å². The minimum atomic E-state index is -1.16. The third-order valence-electron chi connectivity index (χ3n) is 1.88. The van der Waals surface area contributed by atoms with Gasteiger partial charge in [0.2, 0.25) is 11.5 Å². The highest BCUT2D eigenvalue weighted by atomic mass is 16.4. The summed E-state index contributed by atoms with van der Waals surface area (Å²) in [5, 5.41) is 8.64. The molecule has 0 saturated heterocycles. The molecule has 0 unspecified atom stereocenters. The molecule has 0 atom stereocenters. The van der Waals surface area contributed by atoms with Gasteiger partial charge in [0.15, 0.2) is 5.76 Å². The van der Waals surface area contributed by atoms with Crippen LogP contribution in [-0.2, 0) is 0 Å². The molecule has 0 bridgehead atoms. The van der Waals surface area contributed by atoms with Crippen LogP contribution in [0, 0.1) is 12.8 Å². The van der Waals surface area contributed by atoms with Gasteiger partial charge in [-0.2, -0.15) is 0 Å². The highest BCUT2D eigenvalue weighted by Crippen LogP contribution is 2.18. The van der Waals surface area contributed by atoms with Gasteiger partial charge in [-0.15, -0.1) is 0 Å². The summed E-state index contributed by atoms with van der Waals surface area (Å²) in [4.78, 5) is 22.1. The van der Waals surface area contributed by atoms with Crippen molar-refractivity contribution in [3.63, 3.8) is 0 Å². The first kappa shape index (κ1) is 10.5. The molecule has 0 amide bonds. The highest BCUT2D eigenvalue weighted by molar-refractivity contribution is 5.97. The summed E-state index contributed by atoms with van der Waals surface area (Å²) < 4.78 is 4.95. The molecule has 76 valence electrons. The molecule has 0 aliphatic heterocycles. The summed E-state index contributed by atoms with van der Waals surface area (Å²) in [6.07, 6.45) is 0. The quantitative estimate of drug-likeness (QED) is 0.752. The zero-order valence-corrected chi connectivity index (χ0v) is 8.33. The molecule has 1 aromatic heterocycles. The lowest BCUT2D eigenvalue weighted by atomic mass is 10.1. The van der Waals surface area contributed by atoms with Crippen LogP contribution in [0.5, 0.6) is 0 Å². The largest absolute Gasteiger partial charge is 0.475 e. The number of carbonyl (C=O) groups excluding carboxylic acids is 1. The zero-order chi connectivity index (χ0) is 10.9. The summed E-state index contributed by atoms with van der Waals surface area (Å²) in [5.74, 6) is -1.56. The molecule has 0 fully saturated rings. The molecule has 0 radical (unpaired) electrons. The van der Waals surface area contributed by atoms with E-state index >= 15 is 0 Å². The highest BCUT2D eigenvalue weighted by Gasteiger charge is 2.20. The van der Waals surface area contributed by atoms with E-state index in [1.165, 1.54) is 6.07 Å². The Labute approximate surface area is 81.5 Å². The molecule has 4 heteroatoms. The van der Waals surface area contributed by atoms with Crippen LogP contribution in [-0.4, -0.2) is 16.9 Å². The van der Waals surface area contributed by atoms with E-state index in [1.807, 2.05) is 0 Å². The van der Waals surface area contributed by atoms with E-state index < -0.39 is 5.97 Å². The average molecular weight is 196 g/mol. The number of rotatable bonds is 3. The monoisotopic (exact) mass is 196 g/mol. The van der Waals surface area contributed by atoms with E-state index in [9.17, 15) is 9.59 Å². The maximum Gasteiger partial charge on any atom is 0.371 e. The van der Waals surface area contributed by atoms with Gasteiger partial charge in [0, 0.05) is 5.92 Å². The van der Waals surface area contributed by atoms with E-state index in [2.05, 4.69) is 0 Å². The lowest BCUT2D eigenvalue weighted by Gasteiger charge is -2.00. The number of furan rings is 1. The van der Waals surface area contributed by atoms with Gasteiger partial charge in [-0.1, -0.05) is 13.8 Å². The molecule has 1 rings (SSSR count). The number of carboxylic acid groups (broad SMARTS) is 1. The fourth-order valence-electron chi connectivity index (χ4n) is 1.09. The second-order valence-electron chi connectivity index (χ2n) is 3.45. The molecule has 1 heterocycles. The predicted octanol–water partition coefficient (Wildman–Crippen LogP) is 2.12. The van der Waals surface area contributed by atoms with Gasteiger partial charge in [-0.3, -0.25) is 4.79 Å². The van der Waals surface area contributed by atoms with E-state index in [0.29, 0.717) is 5.56 Å². The van der Waals surface area contributed by atoms with Crippen molar-refractivity contribution in [1.29, 1.82) is 0 Å². The normalized spacial score (nSPS) is 10.6. The Morgan fingerprint density at radius 3 is 2.36 bits per heavy atom. The standard InChI is InChI=1S/C10H12O4/c1-5(2)8(11)9-6(3)4-7(14-9)10(12)13/h4-5H,1-3H3,(H,12,13). The van der Waals surface area contributed by atoms with Crippen molar-refractivity contribution in [3.05, 3.63) is 23.2 Å². The summed E-state index contributed by atoms with van der Waals surface area (Å²) in [6.45, 7) is 5.14. The molecular weight excluding hydrogens is 184 g/mol. The molecule has 1 N–H and O–H groups in total. The maximum absolute atomic E-state index is 11.5. The summed E-state index contributed by atoms with van der Waals surface area (Å²) >= 11 is 0. The van der Waals surface area contributed by atoms with Gasteiger partial charge in [-0.05, 0) is 18.6 Å². The SMILES string of the molecule is Cc1cc(C(=O)O)oc1C(=O)C(C)C. The zero-order valence-electron chi connectivity index (χ0n) is 8.33.